The van der Waals surface area contributed by atoms with E-state index in [4.69, 9.17) is 0 Å². The Balaban J connectivity index is 1.70. The summed E-state index contributed by atoms with van der Waals surface area (Å²) in [6.07, 6.45) is 4.80. The van der Waals surface area contributed by atoms with Crippen molar-refractivity contribution in [2.45, 2.75) is 51.4 Å². The lowest BCUT2D eigenvalue weighted by atomic mass is 9.92. The molecule has 2 atom stereocenters. The Bertz CT molecular complexity index is 658. The van der Waals surface area contributed by atoms with Crippen molar-refractivity contribution in [2.75, 3.05) is 0 Å². The molecule has 0 amide bonds. The number of nitro groups is 1. The third kappa shape index (κ3) is 3.42. The Hall–Kier alpha value is -2.21. The van der Waals surface area contributed by atoms with Crippen LogP contribution in [-0.2, 0) is 6.54 Å². The summed E-state index contributed by atoms with van der Waals surface area (Å²) in [6, 6.07) is 11.5. The molecule has 3 rings (SSSR count). The molecule has 1 aliphatic rings. The van der Waals surface area contributed by atoms with E-state index in [1.807, 2.05) is 6.07 Å². The summed E-state index contributed by atoms with van der Waals surface area (Å²) in [5.74, 6) is 0. The summed E-state index contributed by atoms with van der Waals surface area (Å²) in [5.41, 5.74) is 1.39. The van der Waals surface area contributed by atoms with Gasteiger partial charge in [0.1, 0.15) is 12.4 Å². The first kappa shape index (κ1) is 15.7. The first-order valence-corrected chi connectivity index (χ1v) is 8.03. The van der Waals surface area contributed by atoms with Crippen LogP contribution in [0.25, 0.3) is 0 Å². The van der Waals surface area contributed by atoms with Crippen molar-refractivity contribution in [2.24, 2.45) is 0 Å². The summed E-state index contributed by atoms with van der Waals surface area (Å²) in [4.78, 5) is 12.9. The molecule has 2 heterocycles. The van der Waals surface area contributed by atoms with Gasteiger partial charge in [0, 0.05) is 18.6 Å². The van der Waals surface area contributed by atoms with E-state index in [-0.39, 0.29) is 16.7 Å². The summed E-state index contributed by atoms with van der Waals surface area (Å²) in [7, 11) is 0. The van der Waals surface area contributed by atoms with E-state index in [9.17, 15) is 10.1 Å². The number of hydrogen-bond acceptors (Lipinski definition) is 4. The van der Waals surface area contributed by atoms with Crippen molar-refractivity contribution in [3.8, 4) is 0 Å². The number of likely N-dealkylation sites (tertiary alicyclic amines) is 1. The van der Waals surface area contributed by atoms with Gasteiger partial charge in [-0.15, -0.1) is 0 Å². The molecule has 23 heavy (non-hydrogen) atoms. The highest BCUT2D eigenvalue weighted by Gasteiger charge is 2.32. The average molecular weight is 314 g/mol. The Morgan fingerprint density at radius 2 is 1.87 bits per heavy atom. The van der Waals surface area contributed by atoms with E-state index in [0.29, 0.717) is 12.1 Å². The van der Waals surface area contributed by atoms with Crippen LogP contribution in [0.1, 0.15) is 38.3 Å². The van der Waals surface area contributed by atoms with E-state index in [1.165, 1.54) is 11.8 Å². The number of hydrogen-bond donors (Lipinski definition) is 0. The maximum absolute atomic E-state index is 10.8. The maximum Gasteiger partial charge on any atom is 0.307 e. The van der Waals surface area contributed by atoms with Gasteiger partial charge in [-0.1, -0.05) is 30.3 Å². The predicted molar refractivity (Wildman–Crippen MR) is 88.1 cm³/mol. The van der Waals surface area contributed by atoms with Gasteiger partial charge < -0.3 is 0 Å². The van der Waals surface area contributed by atoms with Crippen LogP contribution in [0.5, 0.6) is 0 Å². The lowest BCUT2D eigenvalue weighted by Crippen LogP contribution is -2.46. The van der Waals surface area contributed by atoms with Gasteiger partial charge in [-0.25, -0.2) is 0 Å². The topological polar surface area (TPSA) is 64.2 Å². The number of aromatic nitrogens is 2. The largest absolute Gasteiger partial charge is 0.307 e. The third-order valence-corrected chi connectivity index (χ3v) is 4.74. The van der Waals surface area contributed by atoms with E-state index < -0.39 is 0 Å². The van der Waals surface area contributed by atoms with Crippen LogP contribution in [0, 0.1) is 10.1 Å². The lowest BCUT2D eigenvalue weighted by Gasteiger charge is -2.42. The molecule has 2 aromatic rings. The molecule has 122 valence electrons. The highest BCUT2D eigenvalue weighted by Crippen LogP contribution is 2.32. The smallest absolute Gasteiger partial charge is 0.294 e. The monoisotopic (exact) mass is 314 g/mol. The van der Waals surface area contributed by atoms with E-state index in [1.54, 1.807) is 10.9 Å². The zero-order valence-electron chi connectivity index (χ0n) is 13.5. The molecule has 0 spiro atoms. The standard InChI is InChI=1S/C17H22N4O2/c1-13-8-16(20-12-17(10-18-20)21(22)23)9-14(2)19(13)11-15-6-4-3-5-7-15/h3-7,10,12-14,16H,8-9,11H2,1-2H3. The molecule has 0 bridgehead atoms. The first-order valence-electron chi connectivity index (χ1n) is 8.03. The van der Waals surface area contributed by atoms with Crippen LogP contribution in [0.3, 0.4) is 0 Å². The second-order valence-corrected chi connectivity index (χ2v) is 6.42. The van der Waals surface area contributed by atoms with Crippen LogP contribution in [0.4, 0.5) is 5.69 Å². The fraction of sp³-hybridized carbons (Fsp3) is 0.471. The van der Waals surface area contributed by atoms with Crippen LogP contribution in [0.2, 0.25) is 0 Å². The minimum atomic E-state index is -0.388. The fourth-order valence-electron chi connectivity index (χ4n) is 3.53. The molecule has 0 radical (unpaired) electrons. The average Bonchev–Trinajstić information content (AvgIpc) is 3.02. The van der Waals surface area contributed by atoms with Gasteiger partial charge in [0.25, 0.3) is 0 Å². The van der Waals surface area contributed by atoms with E-state index >= 15 is 0 Å². The number of nitrogens with zero attached hydrogens (tertiary/aromatic N) is 4. The minimum absolute atomic E-state index is 0.0667. The van der Waals surface area contributed by atoms with Gasteiger partial charge in [-0.05, 0) is 32.3 Å². The van der Waals surface area contributed by atoms with Crippen molar-refractivity contribution in [3.05, 3.63) is 58.4 Å². The molecule has 1 aromatic heterocycles. The molecule has 6 nitrogen and oxygen atoms in total. The molecule has 2 unspecified atom stereocenters. The molecular formula is C17H22N4O2. The molecule has 0 N–H and O–H groups in total. The lowest BCUT2D eigenvalue weighted by molar-refractivity contribution is -0.385. The zero-order valence-corrected chi connectivity index (χ0v) is 13.5. The number of rotatable bonds is 4. The Morgan fingerprint density at radius 3 is 2.43 bits per heavy atom. The van der Waals surface area contributed by atoms with E-state index in [2.05, 4.69) is 48.1 Å². The normalized spacial score (nSPS) is 25.4. The molecule has 1 aliphatic heterocycles. The van der Waals surface area contributed by atoms with Gasteiger partial charge in [-0.3, -0.25) is 19.7 Å². The SMILES string of the molecule is CC1CC(n2cc([N+](=O)[O-])cn2)CC(C)N1Cc1ccccc1. The highest BCUT2D eigenvalue weighted by molar-refractivity contribution is 5.21. The molecule has 1 aromatic carbocycles. The first-order chi connectivity index (χ1) is 11.0. The maximum atomic E-state index is 10.8. The molecule has 0 saturated carbocycles. The Labute approximate surface area is 135 Å². The summed E-state index contributed by atoms with van der Waals surface area (Å²) in [5, 5.41) is 15.0. The molecule has 1 fully saturated rings. The van der Waals surface area contributed by atoms with Gasteiger partial charge in [0.05, 0.1) is 11.0 Å². The van der Waals surface area contributed by atoms with Gasteiger partial charge >= 0.3 is 5.69 Å². The van der Waals surface area contributed by atoms with Crippen LogP contribution >= 0.6 is 0 Å². The second kappa shape index (κ2) is 6.50. The van der Waals surface area contributed by atoms with Crippen molar-refractivity contribution in [1.29, 1.82) is 0 Å². The Morgan fingerprint density at radius 1 is 1.22 bits per heavy atom. The fourth-order valence-corrected chi connectivity index (χ4v) is 3.53. The number of benzene rings is 1. The van der Waals surface area contributed by atoms with Gasteiger partial charge in [0.2, 0.25) is 0 Å². The van der Waals surface area contributed by atoms with Crippen molar-refractivity contribution in [3.63, 3.8) is 0 Å². The van der Waals surface area contributed by atoms with E-state index in [0.717, 1.165) is 19.4 Å². The molecular weight excluding hydrogens is 292 g/mol. The highest BCUT2D eigenvalue weighted by atomic mass is 16.6. The molecule has 1 saturated heterocycles. The van der Waals surface area contributed by atoms with Crippen LogP contribution in [0.15, 0.2) is 42.7 Å². The molecule has 6 heteroatoms. The number of piperidine rings is 1. The van der Waals surface area contributed by atoms with Gasteiger partial charge in [0.15, 0.2) is 0 Å². The minimum Gasteiger partial charge on any atom is -0.294 e. The van der Waals surface area contributed by atoms with Gasteiger partial charge in [-0.2, -0.15) is 5.10 Å². The summed E-state index contributed by atoms with van der Waals surface area (Å²) < 4.78 is 1.77. The van der Waals surface area contributed by atoms with Crippen molar-refractivity contribution in [1.82, 2.24) is 14.7 Å². The third-order valence-electron chi connectivity index (χ3n) is 4.74. The van der Waals surface area contributed by atoms with Crippen molar-refractivity contribution >= 4 is 5.69 Å². The van der Waals surface area contributed by atoms with Crippen LogP contribution < -0.4 is 0 Å². The Kier molecular flexibility index (Phi) is 4.43. The summed E-state index contributed by atoms with van der Waals surface area (Å²) in [6.45, 7) is 5.39. The zero-order chi connectivity index (χ0) is 16.4. The predicted octanol–water partition coefficient (Wildman–Crippen LogP) is 3.41. The van der Waals surface area contributed by atoms with Crippen LogP contribution in [-0.4, -0.2) is 31.7 Å². The van der Waals surface area contributed by atoms with Crippen molar-refractivity contribution < 1.29 is 4.92 Å². The molecule has 0 aliphatic carbocycles. The summed E-state index contributed by atoms with van der Waals surface area (Å²) >= 11 is 0. The quantitative estimate of drug-likeness (QED) is 0.641. The second-order valence-electron chi connectivity index (χ2n) is 6.42.